The standard InChI is InChI=1S/C20H19NO5/c1-13(22)15-6-9-18(19(10-15)24-3)25-11-16-12-26-20(21-16)14-4-7-17(23-2)8-5-14/h4-10,12H,11H2,1-3H3. The van der Waals surface area contributed by atoms with Gasteiger partial charge in [0.05, 0.1) is 14.2 Å². The molecule has 0 radical (unpaired) electrons. The SMILES string of the molecule is COc1ccc(-c2nc(COc3ccc(C(C)=O)cc3OC)co2)cc1. The van der Waals surface area contributed by atoms with Gasteiger partial charge in [0.1, 0.15) is 24.3 Å². The molecule has 0 N–H and O–H groups in total. The number of methoxy groups -OCH3 is 2. The zero-order chi connectivity index (χ0) is 18.5. The molecule has 0 saturated heterocycles. The number of hydrogen-bond donors (Lipinski definition) is 0. The lowest BCUT2D eigenvalue weighted by molar-refractivity contribution is 0.101. The molecule has 1 aromatic heterocycles. The van der Waals surface area contributed by atoms with Crippen molar-refractivity contribution < 1.29 is 23.4 Å². The van der Waals surface area contributed by atoms with Gasteiger partial charge in [-0.25, -0.2) is 4.98 Å². The number of carbonyl (C=O) groups excluding carboxylic acids is 1. The van der Waals surface area contributed by atoms with Crippen molar-refractivity contribution >= 4 is 5.78 Å². The third kappa shape index (κ3) is 3.85. The monoisotopic (exact) mass is 353 g/mol. The third-order valence-electron chi connectivity index (χ3n) is 3.83. The van der Waals surface area contributed by atoms with Gasteiger partial charge >= 0.3 is 0 Å². The highest BCUT2D eigenvalue weighted by Crippen LogP contribution is 2.29. The molecule has 3 rings (SSSR count). The van der Waals surface area contributed by atoms with Crippen molar-refractivity contribution in [1.29, 1.82) is 0 Å². The Hall–Kier alpha value is -3.28. The van der Waals surface area contributed by atoms with Crippen LogP contribution in [0.3, 0.4) is 0 Å². The first-order chi connectivity index (χ1) is 12.6. The van der Waals surface area contributed by atoms with Crippen molar-refractivity contribution in [1.82, 2.24) is 4.98 Å². The number of aromatic nitrogens is 1. The molecular weight excluding hydrogens is 334 g/mol. The zero-order valence-corrected chi connectivity index (χ0v) is 14.8. The largest absolute Gasteiger partial charge is 0.497 e. The van der Waals surface area contributed by atoms with Gasteiger partial charge in [0.25, 0.3) is 0 Å². The van der Waals surface area contributed by atoms with E-state index in [0.717, 1.165) is 11.3 Å². The molecule has 1 heterocycles. The summed E-state index contributed by atoms with van der Waals surface area (Å²) in [5, 5.41) is 0. The van der Waals surface area contributed by atoms with Gasteiger partial charge in [-0.05, 0) is 49.4 Å². The Kier molecular flexibility index (Phi) is 5.22. The molecule has 0 aliphatic carbocycles. The number of ketones is 1. The van der Waals surface area contributed by atoms with Crippen LogP contribution in [0.1, 0.15) is 23.0 Å². The maximum Gasteiger partial charge on any atom is 0.226 e. The van der Waals surface area contributed by atoms with Crippen LogP contribution in [-0.4, -0.2) is 25.0 Å². The van der Waals surface area contributed by atoms with Crippen LogP contribution in [0.2, 0.25) is 0 Å². The van der Waals surface area contributed by atoms with E-state index in [9.17, 15) is 4.79 Å². The summed E-state index contributed by atoms with van der Waals surface area (Å²) in [4.78, 5) is 15.9. The first kappa shape index (κ1) is 17.5. The summed E-state index contributed by atoms with van der Waals surface area (Å²) in [5.74, 6) is 2.27. The minimum atomic E-state index is -0.0320. The highest BCUT2D eigenvalue weighted by Gasteiger charge is 2.11. The predicted molar refractivity (Wildman–Crippen MR) is 95.8 cm³/mol. The molecule has 0 unspecified atom stereocenters. The van der Waals surface area contributed by atoms with Crippen molar-refractivity contribution in [2.75, 3.05) is 14.2 Å². The molecule has 3 aromatic rings. The summed E-state index contributed by atoms with van der Waals surface area (Å²) < 4.78 is 21.7. The molecule has 0 atom stereocenters. The lowest BCUT2D eigenvalue weighted by Crippen LogP contribution is -2.00. The lowest BCUT2D eigenvalue weighted by atomic mass is 10.1. The molecule has 0 fully saturated rings. The molecule has 0 aliphatic rings. The Morgan fingerprint density at radius 2 is 1.81 bits per heavy atom. The Morgan fingerprint density at radius 1 is 1.04 bits per heavy atom. The Balaban J connectivity index is 1.70. The fourth-order valence-corrected chi connectivity index (χ4v) is 2.40. The van der Waals surface area contributed by atoms with Crippen LogP contribution in [0.4, 0.5) is 0 Å². The maximum atomic E-state index is 11.5. The molecule has 0 saturated carbocycles. The Morgan fingerprint density at radius 3 is 2.46 bits per heavy atom. The molecule has 0 amide bonds. The number of benzene rings is 2. The smallest absolute Gasteiger partial charge is 0.226 e. The average Bonchev–Trinajstić information content (AvgIpc) is 3.15. The second-order valence-corrected chi connectivity index (χ2v) is 5.58. The van der Waals surface area contributed by atoms with Crippen molar-refractivity contribution in [2.24, 2.45) is 0 Å². The van der Waals surface area contributed by atoms with Crippen LogP contribution < -0.4 is 14.2 Å². The normalized spacial score (nSPS) is 10.4. The van der Waals surface area contributed by atoms with Crippen LogP contribution in [0.15, 0.2) is 53.1 Å². The van der Waals surface area contributed by atoms with Gasteiger partial charge in [-0.3, -0.25) is 4.79 Å². The molecule has 0 bridgehead atoms. The molecule has 134 valence electrons. The van der Waals surface area contributed by atoms with E-state index in [1.54, 1.807) is 31.6 Å². The van der Waals surface area contributed by atoms with Gasteiger partial charge in [-0.2, -0.15) is 0 Å². The van der Waals surface area contributed by atoms with E-state index in [1.165, 1.54) is 14.0 Å². The van der Waals surface area contributed by atoms with Crippen LogP contribution in [-0.2, 0) is 6.61 Å². The van der Waals surface area contributed by atoms with Gasteiger partial charge in [0.2, 0.25) is 5.89 Å². The summed E-state index contributed by atoms with van der Waals surface area (Å²) in [6.45, 7) is 1.72. The first-order valence-electron chi connectivity index (χ1n) is 8.01. The zero-order valence-electron chi connectivity index (χ0n) is 14.8. The number of ether oxygens (including phenoxy) is 3. The summed E-state index contributed by atoms with van der Waals surface area (Å²) in [6.07, 6.45) is 1.55. The number of oxazole rings is 1. The van der Waals surface area contributed by atoms with Crippen molar-refractivity contribution in [3.8, 4) is 28.7 Å². The Labute approximate surface area is 151 Å². The van der Waals surface area contributed by atoms with E-state index in [-0.39, 0.29) is 12.4 Å². The lowest BCUT2D eigenvalue weighted by Gasteiger charge is -2.10. The number of Topliss-reactive ketones (excluding diaryl/α,β-unsaturated/α-hetero) is 1. The maximum absolute atomic E-state index is 11.5. The van der Waals surface area contributed by atoms with E-state index in [1.807, 2.05) is 24.3 Å². The van der Waals surface area contributed by atoms with Crippen LogP contribution in [0.5, 0.6) is 17.2 Å². The summed E-state index contributed by atoms with van der Waals surface area (Å²) in [5.41, 5.74) is 2.06. The van der Waals surface area contributed by atoms with E-state index in [2.05, 4.69) is 4.98 Å². The van der Waals surface area contributed by atoms with Gasteiger partial charge in [0, 0.05) is 11.1 Å². The fourth-order valence-electron chi connectivity index (χ4n) is 2.40. The van der Waals surface area contributed by atoms with Gasteiger partial charge in [-0.15, -0.1) is 0 Å². The first-order valence-corrected chi connectivity index (χ1v) is 8.01. The molecule has 6 heteroatoms. The van der Waals surface area contributed by atoms with Crippen LogP contribution in [0, 0.1) is 0 Å². The molecule has 6 nitrogen and oxygen atoms in total. The fraction of sp³-hybridized carbons (Fsp3) is 0.200. The van der Waals surface area contributed by atoms with Gasteiger partial charge < -0.3 is 18.6 Å². The number of hydrogen-bond acceptors (Lipinski definition) is 6. The Bertz CT molecular complexity index is 899. The van der Waals surface area contributed by atoms with Crippen LogP contribution in [0.25, 0.3) is 11.5 Å². The quantitative estimate of drug-likeness (QED) is 0.595. The van der Waals surface area contributed by atoms with E-state index < -0.39 is 0 Å². The van der Waals surface area contributed by atoms with Crippen molar-refractivity contribution in [3.63, 3.8) is 0 Å². The molecule has 0 aliphatic heterocycles. The number of carbonyl (C=O) groups is 1. The minimum Gasteiger partial charge on any atom is -0.497 e. The summed E-state index contributed by atoms with van der Waals surface area (Å²) in [6, 6.07) is 12.5. The molecule has 2 aromatic carbocycles. The second kappa shape index (κ2) is 7.74. The second-order valence-electron chi connectivity index (χ2n) is 5.58. The van der Waals surface area contributed by atoms with E-state index in [4.69, 9.17) is 18.6 Å². The van der Waals surface area contributed by atoms with Crippen molar-refractivity contribution in [2.45, 2.75) is 13.5 Å². The third-order valence-corrected chi connectivity index (χ3v) is 3.83. The minimum absolute atomic E-state index is 0.0320. The highest BCUT2D eigenvalue weighted by molar-refractivity contribution is 5.94. The number of nitrogens with zero attached hydrogens (tertiary/aromatic N) is 1. The topological polar surface area (TPSA) is 70.8 Å². The highest BCUT2D eigenvalue weighted by atomic mass is 16.5. The molecule has 26 heavy (non-hydrogen) atoms. The van der Waals surface area contributed by atoms with Gasteiger partial charge in [0.15, 0.2) is 17.3 Å². The summed E-state index contributed by atoms with van der Waals surface area (Å²) in [7, 11) is 3.15. The molecule has 0 spiro atoms. The van der Waals surface area contributed by atoms with Crippen LogP contribution >= 0.6 is 0 Å². The molecular formula is C20H19NO5. The predicted octanol–water partition coefficient (Wildman–Crippen LogP) is 4.14. The average molecular weight is 353 g/mol. The van der Waals surface area contributed by atoms with Gasteiger partial charge in [-0.1, -0.05) is 0 Å². The summed E-state index contributed by atoms with van der Waals surface area (Å²) >= 11 is 0. The van der Waals surface area contributed by atoms with E-state index >= 15 is 0 Å². The van der Waals surface area contributed by atoms with Crippen molar-refractivity contribution in [3.05, 3.63) is 60.0 Å². The number of rotatable bonds is 7. The van der Waals surface area contributed by atoms with E-state index in [0.29, 0.717) is 28.6 Å².